The quantitative estimate of drug-likeness (QED) is 0.761. The Balaban J connectivity index is 1.55. The van der Waals surface area contributed by atoms with Gasteiger partial charge in [0.05, 0.1) is 19.9 Å². The smallest absolute Gasteiger partial charge is 0.173 e. The van der Waals surface area contributed by atoms with Gasteiger partial charge in [0.2, 0.25) is 0 Å². The maximum absolute atomic E-state index is 6.27. The molecule has 1 heterocycles. The third-order valence-corrected chi connectivity index (χ3v) is 5.39. The van der Waals surface area contributed by atoms with E-state index < -0.39 is 0 Å². The molecular formula is C20H24ClN3O2S. The van der Waals surface area contributed by atoms with Crippen LogP contribution in [0.3, 0.4) is 0 Å². The molecule has 1 saturated heterocycles. The zero-order valence-corrected chi connectivity index (χ0v) is 17.1. The second kappa shape index (κ2) is 9.26. The van der Waals surface area contributed by atoms with Crippen molar-refractivity contribution in [3.8, 4) is 11.5 Å². The highest BCUT2D eigenvalue weighted by Gasteiger charge is 2.20. The third-order valence-electron chi connectivity index (χ3n) is 4.66. The van der Waals surface area contributed by atoms with Crippen molar-refractivity contribution < 1.29 is 9.47 Å². The fourth-order valence-corrected chi connectivity index (χ4v) is 3.56. The molecule has 2 aromatic carbocycles. The SMILES string of the molecule is COc1ccc(NC(=S)N2CCN(Cc3ccccc3Cl)CC2)c(OC)c1. The predicted molar refractivity (Wildman–Crippen MR) is 114 cm³/mol. The number of nitrogens with one attached hydrogen (secondary N) is 1. The summed E-state index contributed by atoms with van der Waals surface area (Å²) in [6.07, 6.45) is 0. The van der Waals surface area contributed by atoms with E-state index in [1.165, 1.54) is 0 Å². The topological polar surface area (TPSA) is 37.0 Å². The molecule has 1 aliphatic heterocycles. The lowest BCUT2D eigenvalue weighted by atomic mass is 10.2. The van der Waals surface area contributed by atoms with Gasteiger partial charge in [0.25, 0.3) is 0 Å². The molecule has 0 atom stereocenters. The second-order valence-electron chi connectivity index (χ2n) is 6.35. The molecule has 3 rings (SSSR count). The standard InChI is InChI=1S/C20H24ClN3O2S/c1-25-16-7-8-18(19(13-16)26-2)22-20(27)24-11-9-23(10-12-24)14-15-5-3-4-6-17(15)21/h3-8,13H,9-12,14H2,1-2H3,(H,22,27). The van der Waals surface area contributed by atoms with E-state index in [0.717, 1.165) is 54.7 Å². The van der Waals surface area contributed by atoms with Crippen LogP contribution in [0.4, 0.5) is 5.69 Å². The van der Waals surface area contributed by atoms with E-state index in [4.69, 9.17) is 33.3 Å². The Bertz CT molecular complexity index is 795. The zero-order chi connectivity index (χ0) is 19.2. The number of halogens is 1. The highest BCUT2D eigenvalue weighted by Crippen LogP contribution is 2.29. The molecule has 144 valence electrons. The van der Waals surface area contributed by atoms with Crippen molar-refractivity contribution in [1.29, 1.82) is 0 Å². The summed E-state index contributed by atoms with van der Waals surface area (Å²) < 4.78 is 10.7. The van der Waals surface area contributed by atoms with Crippen LogP contribution >= 0.6 is 23.8 Å². The lowest BCUT2D eigenvalue weighted by molar-refractivity contribution is 0.177. The third kappa shape index (κ3) is 5.03. The Morgan fingerprint density at radius 3 is 2.48 bits per heavy atom. The van der Waals surface area contributed by atoms with Crippen molar-refractivity contribution in [2.75, 3.05) is 45.7 Å². The fraction of sp³-hybridized carbons (Fsp3) is 0.350. The second-order valence-corrected chi connectivity index (χ2v) is 7.14. The van der Waals surface area contributed by atoms with Gasteiger partial charge in [0, 0.05) is 43.8 Å². The van der Waals surface area contributed by atoms with Gasteiger partial charge in [0.15, 0.2) is 5.11 Å². The van der Waals surface area contributed by atoms with Crippen molar-refractivity contribution >= 4 is 34.6 Å². The Hall–Kier alpha value is -2.02. The molecule has 27 heavy (non-hydrogen) atoms. The van der Waals surface area contributed by atoms with Gasteiger partial charge in [-0.05, 0) is 36.0 Å². The molecule has 0 radical (unpaired) electrons. The van der Waals surface area contributed by atoms with Crippen molar-refractivity contribution in [1.82, 2.24) is 9.80 Å². The van der Waals surface area contributed by atoms with Crippen LogP contribution in [0.2, 0.25) is 5.02 Å². The Morgan fingerprint density at radius 2 is 1.81 bits per heavy atom. The van der Waals surface area contributed by atoms with Gasteiger partial charge in [-0.25, -0.2) is 0 Å². The van der Waals surface area contributed by atoms with Gasteiger partial charge >= 0.3 is 0 Å². The van der Waals surface area contributed by atoms with Gasteiger partial charge in [-0.3, -0.25) is 4.90 Å². The number of ether oxygens (including phenoxy) is 2. The highest BCUT2D eigenvalue weighted by atomic mass is 35.5. The summed E-state index contributed by atoms with van der Waals surface area (Å²) in [6.45, 7) is 4.48. The maximum Gasteiger partial charge on any atom is 0.173 e. The summed E-state index contributed by atoms with van der Waals surface area (Å²) in [4.78, 5) is 4.58. The number of hydrogen-bond donors (Lipinski definition) is 1. The van der Waals surface area contributed by atoms with Crippen LogP contribution in [0.1, 0.15) is 5.56 Å². The molecule has 0 amide bonds. The minimum Gasteiger partial charge on any atom is -0.497 e. The summed E-state index contributed by atoms with van der Waals surface area (Å²) >= 11 is 11.9. The number of hydrogen-bond acceptors (Lipinski definition) is 4. The van der Waals surface area contributed by atoms with E-state index in [1.807, 2.05) is 36.4 Å². The molecule has 7 heteroatoms. The zero-order valence-electron chi connectivity index (χ0n) is 15.6. The van der Waals surface area contributed by atoms with Crippen LogP contribution in [0, 0.1) is 0 Å². The predicted octanol–water partition coefficient (Wildman–Crippen LogP) is 3.87. The number of benzene rings is 2. The number of piperazine rings is 1. The van der Waals surface area contributed by atoms with Crippen LogP contribution < -0.4 is 14.8 Å². The van der Waals surface area contributed by atoms with Gasteiger partial charge < -0.3 is 19.7 Å². The van der Waals surface area contributed by atoms with Crippen LogP contribution in [0.15, 0.2) is 42.5 Å². The summed E-state index contributed by atoms with van der Waals surface area (Å²) in [5.41, 5.74) is 2.00. The fourth-order valence-electron chi connectivity index (χ4n) is 3.07. The lowest BCUT2D eigenvalue weighted by Gasteiger charge is -2.36. The van der Waals surface area contributed by atoms with E-state index in [2.05, 4.69) is 21.2 Å². The number of thiocarbonyl (C=S) groups is 1. The molecule has 1 N–H and O–H groups in total. The number of anilines is 1. The Labute approximate surface area is 170 Å². The van der Waals surface area contributed by atoms with Crippen LogP contribution in [0.25, 0.3) is 0 Å². The molecule has 0 saturated carbocycles. The molecular weight excluding hydrogens is 382 g/mol. The van der Waals surface area contributed by atoms with E-state index in [-0.39, 0.29) is 0 Å². The number of methoxy groups -OCH3 is 2. The van der Waals surface area contributed by atoms with Gasteiger partial charge in [0.1, 0.15) is 11.5 Å². The minimum absolute atomic E-state index is 0.703. The van der Waals surface area contributed by atoms with E-state index >= 15 is 0 Å². The first-order valence-corrected chi connectivity index (χ1v) is 9.63. The summed E-state index contributed by atoms with van der Waals surface area (Å²) in [5.74, 6) is 1.45. The van der Waals surface area contributed by atoms with Gasteiger partial charge in [-0.15, -0.1) is 0 Å². The van der Waals surface area contributed by atoms with E-state index in [9.17, 15) is 0 Å². The highest BCUT2D eigenvalue weighted by molar-refractivity contribution is 7.80. The van der Waals surface area contributed by atoms with Crippen LogP contribution in [0.5, 0.6) is 11.5 Å². The van der Waals surface area contributed by atoms with Crippen molar-refractivity contribution in [3.05, 3.63) is 53.1 Å². The Kier molecular flexibility index (Phi) is 6.77. The minimum atomic E-state index is 0.703. The Morgan fingerprint density at radius 1 is 1.07 bits per heavy atom. The monoisotopic (exact) mass is 405 g/mol. The summed E-state index contributed by atoms with van der Waals surface area (Å²) in [6, 6.07) is 13.6. The van der Waals surface area contributed by atoms with Crippen molar-refractivity contribution in [2.24, 2.45) is 0 Å². The molecule has 0 spiro atoms. The average molecular weight is 406 g/mol. The molecule has 5 nitrogen and oxygen atoms in total. The van der Waals surface area contributed by atoms with E-state index in [0.29, 0.717) is 10.9 Å². The van der Waals surface area contributed by atoms with Crippen molar-refractivity contribution in [3.63, 3.8) is 0 Å². The lowest BCUT2D eigenvalue weighted by Crippen LogP contribution is -2.49. The summed E-state index contributed by atoms with van der Waals surface area (Å²) in [7, 11) is 3.27. The van der Waals surface area contributed by atoms with Crippen LogP contribution in [-0.4, -0.2) is 55.3 Å². The maximum atomic E-state index is 6.27. The first-order chi connectivity index (χ1) is 13.1. The number of nitrogens with zero attached hydrogens (tertiary/aromatic N) is 2. The summed E-state index contributed by atoms with van der Waals surface area (Å²) in [5, 5.41) is 4.82. The first kappa shape index (κ1) is 19.7. The molecule has 1 aliphatic rings. The molecule has 2 aromatic rings. The van der Waals surface area contributed by atoms with Crippen molar-refractivity contribution in [2.45, 2.75) is 6.54 Å². The van der Waals surface area contributed by atoms with E-state index in [1.54, 1.807) is 14.2 Å². The molecule has 0 aromatic heterocycles. The average Bonchev–Trinajstić information content (AvgIpc) is 2.70. The van der Waals surface area contributed by atoms with Gasteiger partial charge in [-0.2, -0.15) is 0 Å². The first-order valence-electron chi connectivity index (χ1n) is 8.84. The van der Waals surface area contributed by atoms with Gasteiger partial charge in [-0.1, -0.05) is 29.8 Å². The molecule has 0 aliphatic carbocycles. The largest absolute Gasteiger partial charge is 0.497 e. The van der Waals surface area contributed by atoms with Crippen LogP contribution in [-0.2, 0) is 6.54 Å². The number of rotatable bonds is 5. The molecule has 0 unspecified atom stereocenters. The normalized spacial score (nSPS) is 14.7. The molecule has 0 bridgehead atoms. The molecule has 1 fully saturated rings.